The lowest BCUT2D eigenvalue weighted by molar-refractivity contribution is -0.147. The van der Waals surface area contributed by atoms with Gasteiger partial charge in [0.05, 0.1) is 12.5 Å². The number of nitrogens with zero attached hydrogens (tertiary/aromatic N) is 1. The molecule has 0 heterocycles. The Hall–Kier alpha value is -4.20. The molecule has 5 atom stereocenters. The molecule has 3 amide bonds. The Balaban J connectivity index is 3.06. The van der Waals surface area contributed by atoms with E-state index in [4.69, 9.17) is 22.3 Å². The highest BCUT2D eigenvalue weighted by molar-refractivity contribution is 5.94. The fourth-order valence-corrected chi connectivity index (χ4v) is 3.60. The van der Waals surface area contributed by atoms with Crippen molar-refractivity contribution in [3.8, 4) is 0 Å². The highest BCUT2D eigenvalue weighted by atomic mass is 16.4. The minimum atomic E-state index is -1.69. The third-order valence-corrected chi connectivity index (χ3v) is 6.00. The van der Waals surface area contributed by atoms with E-state index in [0.717, 1.165) is 5.56 Å². The molecule has 5 unspecified atom stereocenters. The largest absolute Gasteiger partial charge is 0.481 e. The zero-order valence-electron chi connectivity index (χ0n) is 22.1. The molecule has 0 radical (unpaired) electrons. The predicted molar refractivity (Wildman–Crippen MR) is 143 cm³/mol. The van der Waals surface area contributed by atoms with Gasteiger partial charge in [-0.05, 0) is 30.7 Å². The Labute approximate surface area is 226 Å². The van der Waals surface area contributed by atoms with Crippen LogP contribution in [0.25, 0.3) is 0 Å². The highest BCUT2D eigenvalue weighted by Gasteiger charge is 2.33. The molecule has 1 rings (SSSR count). The van der Waals surface area contributed by atoms with E-state index in [0.29, 0.717) is 12.8 Å². The minimum absolute atomic E-state index is 0.109. The summed E-state index contributed by atoms with van der Waals surface area (Å²) in [7, 11) is 0. The first kappa shape index (κ1) is 32.8. The standard InChI is InChI=1S/C25H39N7O7/c1-3-14(2)20(23(37)31-18(24(38)39)13-19(33)34)32-22(36)17(10-7-11-29-25(27)28)30-21(35)16(26)12-15-8-5-4-6-9-15/h4-6,8-9,14,16-18,20H,3,7,10-13,26H2,1-2H3,(H,30,35)(H,31,37)(H,32,36)(H,33,34)(H,38,39)(H4,27,28,29). The molecular weight excluding hydrogens is 510 g/mol. The normalized spacial score (nSPS) is 14.5. The van der Waals surface area contributed by atoms with E-state index < -0.39 is 66.2 Å². The molecule has 216 valence electrons. The van der Waals surface area contributed by atoms with Gasteiger partial charge in [0.25, 0.3) is 0 Å². The van der Waals surface area contributed by atoms with E-state index in [1.54, 1.807) is 13.8 Å². The number of hydrogen-bond donors (Lipinski definition) is 8. The number of carbonyl (C=O) groups is 5. The van der Waals surface area contributed by atoms with E-state index >= 15 is 0 Å². The monoisotopic (exact) mass is 549 g/mol. The van der Waals surface area contributed by atoms with Crippen LogP contribution in [0.1, 0.15) is 45.1 Å². The molecule has 0 bridgehead atoms. The van der Waals surface area contributed by atoms with Crippen LogP contribution >= 0.6 is 0 Å². The van der Waals surface area contributed by atoms with Crippen LogP contribution in [-0.2, 0) is 30.4 Å². The quantitative estimate of drug-likeness (QED) is 0.0645. The van der Waals surface area contributed by atoms with Gasteiger partial charge in [0.15, 0.2) is 5.96 Å². The average molecular weight is 550 g/mol. The molecule has 1 aromatic carbocycles. The lowest BCUT2D eigenvalue weighted by Crippen LogP contribution is -2.59. The zero-order chi connectivity index (χ0) is 29.5. The number of guanidine groups is 1. The molecule has 0 aliphatic rings. The summed E-state index contributed by atoms with van der Waals surface area (Å²) in [6.07, 6.45) is 0.235. The smallest absolute Gasteiger partial charge is 0.326 e. The molecule has 0 saturated carbocycles. The van der Waals surface area contributed by atoms with Crippen molar-refractivity contribution in [2.75, 3.05) is 6.54 Å². The van der Waals surface area contributed by atoms with Crippen molar-refractivity contribution >= 4 is 35.6 Å². The van der Waals surface area contributed by atoms with Crippen LogP contribution in [0.15, 0.2) is 35.3 Å². The third-order valence-electron chi connectivity index (χ3n) is 6.00. The topological polar surface area (TPSA) is 252 Å². The van der Waals surface area contributed by atoms with Crippen LogP contribution in [0.5, 0.6) is 0 Å². The predicted octanol–water partition coefficient (Wildman–Crippen LogP) is -1.33. The number of benzene rings is 1. The van der Waals surface area contributed by atoms with Gasteiger partial charge in [0, 0.05) is 6.54 Å². The second-order valence-corrected chi connectivity index (χ2v) is 9.18. The van der Waals surface area contributed by atoms with Gasteiger partial charge in [-0.1, -0.05) is 50.6 Å². The van der Waals surface area contributed by atoms with E-state index in [9.17, 15) is 29.1 Å². The summed E-state index contributed by atoms with van der Waals surface area (Å²) in [5, 5.41) is 25.6. The first-order valence-corrected chi connectivity index (χ1v) is 12.6. The molecule has 0 fully saturated rings. The van der Waals surface area contributed by atoms with E-state index in [1.807, 2.05) is 30.3 Å². The number of nitrogens with one attached hydrogen (secondary N) is 3. The van der Waals surface area contributed by atoms with Crippen LogP contribution in [-0.4, -0.2) is 76.5 Å². The second-order valence-electron chi connectivity index (χ2n) is 9.18. The van der Waals surface area contributed by atoms with Gasteiger partial charge in [-0.2, -0.15) is 0 Å². The fraction of sp³-hybridized carbons (Fsp3) is 0.520. The fourth-order valence-electron chi connectivity index (χ4n) is 3.60. The molecule has 1 aromatic rings. The van der Waals surface area contributed by atoms with Gasteiger partial charge < -0.3 is 43.4 Å². The van der Waals surface area contributed by atoms with Crippen LogP contribution < -0.4 is 33.2 Å². The summed E-state index contributed by atoms with van der Waals surface area (Å²) in [6, 6.07) is 4.13. The third kappa shape index (κ3) is 12.3. The van der Waals surface area contributed by atoms with Crippen molar-refractivity contribution in [3.05, 3.63) is 35.9 Å². The van der Waals surface area contributed by atoms with Crippen molar-refractivity contribution in [2.45, 2.75) is 70.1 Å². The molecule has 39 heavy (non-hydrogen) atoms. The molecular formula is C25H39N7O7. The number of aliphatic carboxylic acids is 2. The van der Waals surface area contributed by atoms with Crippen LogP contribution in [0.4, 0.5) is 0 Å². The maximum absolute atomic E-state index is 13.3. The summed E-state index contributed by atoms with van der Waals surface area (Å²) < 4.78 is 0. The van der Waals surface area contributed by atoms with Crippen molar-refractivity contribution in [1.82, 2.24) is 16.0 Å². The summed E-state index contributed by atoms with van der Waals surface area (Å²) in [4.78, 5) is 65.4. The highest BCUT2D eigenvalue weighted by Crippen LogP contribution is 2.11. The number of aliphatic imine (C=N–C) groups is 1. The Morgan fingerprint density at radius 2 is 1.54 bits per heavy atom. The molecule has 14 nitrogen and oxygen atoms in total. The SMILES string of the molecule is CCC(C)C(NC(=O)C(CCCN=C(N)N)NC(=O)C(N)Cc1ccccc1)C(=O)NC(CC(=O)O)C(=O)O. The van der Waals surface area contributed by atoms with Crippen molar-refractivity contribution in [3.63, 3.8) is 0 Å². The van der Waals surface area contributed by atoms with Gasteiger partial charge >= 0.3 is 11.9 Å². The van der Waals surface area contributed by atoms with Gasteiger partial charge in [-0.15, -0.1) is 0 Å². The number of nitrogens with two attached hydrogens (primary N) is 3. The van der Waals surface area contributed by atoms with E-state index in [1.165, 1.54) is 0 Å². The van der Waals surface area contributed by atoms with Crippen molar-refractivity contribution in [1.29, 1.82) is 0 Å². The summed E-state index contributed by atoms with van der Waals surface area (Å²) in [5.74, 6) is -5.68. The number of hydrogen-bond acceptors (Lipinski definition) is 7. The zero-order valence-corrected chi connectivity index (χ0v) is 22.1. The van der Waals surface area contributed by atoms with Crippen molar-refractivity contribution < 1.29 is 34.2 Å². The summed E-state index contributed by atoms with van der Waals surface area (Å²) in [5.41, 5.74) is 17.6. The van der Waals surface area contributed by atoms with Crippen LogP contribution in [0.3, 0.4) is 0 Å². The summed E-state index contributed by atoms with van der Waals surface area (Å²) in [6.45, 7) is 3.61. The number of carboxylic acid groups (broad SMARTS) is 2. The number of carboxylic acids is 2. The molecule has 14 heteroatoms. The second kappa shape index (κ2) is 16.6. The Bertz CT molecular complexity index is 1020. The first-order chi connectivity index (χ1) is 18.3. The van der Waals surface area contributed by atoms with E-state index in [-0.39, 0.29) is 25.3 Å². The summed E-state index contributed by atoms with van der Waals surface area (Å²) >= 11 is 0. The number of rotatable bonds is 17. The minimum Gasteiger partial charge on any atom is -0.481 e. The van der Waals surface area contributed by atoms with Crippen LogP contribution in [0, 0.1) is 5.92 Å². The average Bonchev–Trinajstić information content (AvgIpc) is 2.87. The molecule has 0 aliphatic heterocycles. The number of amides is 3. The molecule has 0 aliphatic carbocycles. The van der Waals surface area contributed by atoms with E-state index in [2.05, 4.69) is 20.9 Å². The molecule has 0 saturated heterocycles. The Morgan fingerprint density at radius 3 is 2.08 bits per heavy atom. The van der Waals surface area contributed by atoms with Crippen LogP contribution in [0.2, 0.25) is 0 Å². The lowest BCUT2D eigenvalue weighted by Gasteiger charge is -2.28. The maximum atomic E-state index is 13.3. The van der Waals surface area contributed by atoms with Gasteiger partial charge in [-0.3, -0.25) is 24.2 Å². The first-order valence-electron chi connectivity index (χ1n) is 12.6. The van der Waals surface area contributed by atoms with Gasteiger partial charge in [-0.25, -0.2) is 4.79 Å². The lowest BCUT2D eigenvalue weighted by atomic mass is 9.97. The van der Waals surface area contributed by atoms with Crippen molar-refractivity contribution in [2.24, 2.45) is 28.1 Å². The number of carbonyl (C=O) groups excluding carboxylic acids is 3. The Kier molecular flexibility index (Phi) is 14.0. The Morgan fingerprint density at radius 1 is 0.923 bits per heavy atom. The molecule has 0 spiro atoms. The molecule has 11 N–H and O–H groups in total. The maximum Gasteiger partial charge on any atom is 0.326 e. The van der Waals surface area contributed by atoms with Gasteiger partial charge in [0.2, 0.25) is 17.7 Å². The molecule has 0 aromatic heterocycles. The van der Waals surface area contributed by atoms with Gasteiger partial charge in [0.1, 0.15) is 18.1 Å².